The van der Waals surface area contributed by atoms with Crippen molar-refractivity contribution < 1.29 is 17.9 Å². The summed E-state index contributed by atoms with van der Waals surface area (Å²) in [7, 11) is 1.86. The van der Waals surface area contributed by atoms with Crippen molar-refractivity contribution in [3.63, 3.8) is 0 Å². The van der Waals surface area contributed by atoms with Crippen molar-refractivity contribution in [1.82, 2.24) is 4.90 Å². The van der Waals surface area contributed by atoms with Crippen molar-refractivity contribution in [1.29, 1.82) is 0 Å². The third kappa shape index (κ3) is 3.96. The number of nitrogens with zero attached hydrogens (tertiary/aromatic N) is 1. The Morgan fingerprint density at radius 1 is 1.15 bits per heavy atom. The summed E-state index contributed by atoms with van der Waals surface area (Å²) < 4.78 is 44.8. The Morgan fingerprint density at radius 3 is 2.55 bits per heavy atom. The first-order valence-corrected chi connectivity index (χ1v) is 6.96. The SMILES string of the molecule is CN(CCC1CCOCC1)Cc1ccc(F)c(F)c1F. The van der Waals surface area contributed by atoms with Gasteiger partial charge in [0.05, 0.1) is 0 Å². The monoisotopic (exact) mass is 287 g/mol. The smallest absolute Gasteiger partial charge is 0.194 e. The highest BCUT2D eigenvalue weighted by Gasteiger charge is 2.17. The summed E-state index contributed by atoms with van der Waals surface area (Å²) in [6.07, 6.45) is 3.14. The van der Waals surface area contributed by atoms with Gasteiger partial charge in [0.25, 0.3) is 0 Å². The van der Waals surface area contributed by atoms with Crippen molar-refractivity contribution in [2.75, 3.05) is 26.8 Å². The molecular weight excluding hydrogens is 267 g/mol. The molecule has 0 aromatic heterocycles. The lowest BCUT2D eigenvalue weighted by atomic mass is 9.96. The van der Waals surface area contributed by atoms with E-state index in [0.29, 0.717) is 5.92 Å². The van der Waals surface area contributed by atoms with E-state index in [1.54, 1.807) is 0 Å². The molecule has 2 rings (SSSR count). The first-order valence-electron chi connectivity index (χ1n) is 6.96. The summed E-state index contributed by atoms with van der Waals surface area (Å²) in [5, 5.41) is 0. The highest BCUT2D eigenvalue weighted by Crippen LogP contribution is 2.20. The van der Waals surface area contributed by atoms with Crippen LogP contribution in [0.15, 0.2) is 12.1 Å². The summed E-state index contributed by atoms with van der Waals surface area (Å²) in [6, 6.07) is 2.28. The maximum atomic E-state index is 13.6. The molecule has 0 saturated carbocycles. The molecule has 20 heavy (non-hydrogen) atoms. The van der Waals surface area contributed by atoms with Gasteiger partial charge < -0.3 is 9.64 Å². The standard InChI is InChI=1S/C15H20F3NO/c1-19(7-4-11-5-8-20-9-6-11)10-12-2-3-13(16)15(18)14(12)17/h2-3,11H,4-10H2,1H3. The molecule has 2 nitrogen and oxygen atoms in total. The van der Waals surface area contributed by atoms with E-state index in [-0.39, 0.29) is 12.1 Å². The van der Waals surface area contributed by atoms with E-state index in [2.05, 4.69) is 0 Å². The van der Waals surface area contributed by atoms with Gasteiger partial charge in [-0.05, 0) is 44.8 Å². The van der Waals surface area contributed by atoms with Gasteiger partial charge in [0.15, 0.2) is 17.5 Å². The van der Waals surface area contributed by atoms with Crippen LogP contribution in [0, 0.1) is 23.4 Å². The van der Waals surface area contributed by atoms with Crippen LogP contribution in [0.4, 0.5) is 13.2 Å². The zero-order valence-electron chi connectivity index (χ0n) is 11.7. The molecule has 0 spiro atoms. The van der Waals surface area contributed by atoms with Crippen LogP contribution in [0.5, 0.6) is 0 Å². The molecule has 0 N–H and O–H groups in total. The van der Waals surface area contributed by atoms with Crippen LogP contribution < -0.4 is 0 Å². The van der Waals surface area contributed by atoms with E-state index in [0.717, 1.165) is 45.1 Å². The van der Waals surface area contributed by atoms with Gasteiger partial charge in [-0.1, -0.05) is 6.07 Å². The van der Waals surface area contributed by atoms with E-state index in [9.17, 15) is 13.2 Å². The van der Waals surface area contributed by atoms with Crippen molar-refractivity contribution >= 4 is 0 Å². The number of halogens is 3. The highest BCUT2D eigenvalue weighted by molar-refractivity contribution is 5.20. The Kier molecular flexibility index (Phi) is 5.43. The molecular formula is C15H20F3NO. The van der Waals surface area contributed by atoms with Crippen LogP contribution in [0.2, 0.25) is 0 Å². The lowest BCUT2D eigenvalue weighted by Gasteiger charge is -2.25. The zero-order chi connectivity index (χ0) is 14.5. The van der Waals surface area contributed by atoms with Crippen molar-refractivity contribution in [2.45, 2.75) is 25.8 Å². The van der Waals surface area contributed by atoms with E-state index in [1.165, 1.54) is 6.07 Å². The molecule has 112 valence electrons. The van der Waals surface area contributed by atoms with Crippen LogP contribution in [0.25, 0.3) is 0 Å². The number of rotatable bonds is 5. The maximum absolute atomic E-state index is 13.6. The van der Waals surface area contributed by atoms with Crippen molar-refractivity contribution in [3.8, 4) is 0 Å². The minimum atomic E-state index is -1.39. The number of hydrogen-bond donors (Lipinski definition) is 0. The molecule has 0 radical (unpaired) electrons. The predicted molar refractivity (Wildman–Crippen MR) is 70.8 cm³/mol. The van der Waals surface area contributed by atoms with Gasteiger partial charge in [-0.25, -0.2) is 13.2 Å². The van der Waals surface area contributed by atoms with Gasteiger partial charge in [-0.2, -0.15) is 0 Å². The molecule has 1 aromatic carbocycles. The molecule has 0 atom stereocenters. The molecule has 0 unspecified atom stereocenters. The normalized spacial score (nSPS) is 16.9. The Morgan fingerprint density at radius 2 is 1.85 bits per heavy atom. The highest BCUT2D eigenvalue weighted by atomic mass is 19.2. The fourth-order valence-corrected chi connectivity index (χ4v) is 2.50. The summed E-state index contributed by atoms with van der Waals surface area (Å²) in [5.74, 6) is -2.97. The third-order valence-corrected chi connectivity index (χ3v) is 3.82. The molecule has 1 aliphatic rings. The van der Waals surface area contributed by atoms with Gasteiger partial charge in [0.1, 0.15) is 0 Å². The number of hydrogen-bond acceptors (Lipinski definition) is 2. The Hall–Kier alpha value is -1.07. The molecule has 5 heteroatoms. The second-order valence-electron chi connectivity index (χ2n) is 5.42. The van der Waals surface area contributed by atoms with E-state index < -0.39 is 17.5 Å². The molecule has 1 aliphatic heterocycles. The number of benzene rings is 1. The minimum absolute atomic E-state index is 0.193. The average molecular weight is 287 g/mol. The lowest BCUT2D eigenvalue weighted by Crippen LogP contribution is -2.24. The van der Waals surface area contributed by atoms with E-state index in [1.807, 2.05) is 11.9 Å². The van der Waals surface area contributed by atoms with Crippen LogP contribution in [-0.4, -0.2) is 31.7 Å². The van der Waals surface area contributed by atoms with E-state index in [4.69, 9.17) is 4.74 Å². The summed E-state index contributed by atoms with van der Waals surface area (Å²) in [4.78, 5) is 1.94. The van der Waals surface area contributed by atoms with Gasteiger partial charge >= 0.3 is 0 Å². The summed E-state index contributed by atoms with van der Waals surface area (Å²) in [5.41, 5.74) is 0.193. The van der Waals surface area contributed by atoms with Crippen LogP contribution >= 0.6 is 0 Å². The second kappa shape index (κ2) is 7.09. The molecule has 1 aromatic rings. The van der Waals surface area contributed by atoms with Gasteiger partial charge in [-0.3, -0.25) is 0 Å². The maximum Gasteiger partial charge on any atom is 0.194 e. The third-order valence-electron chi connectivity index (χ3n) is 3.82. The van der Waals surface area contributed by atoms with Gasteiger partial charge in [-0.15, -0.1) is 0 Å². The molecule has 0 aliphatic carbocycles. The van der Waals surface area contributed by atoms with E-state index >= 15 is 0 Å². The topological polar surface area (TPSA) is 12.5 Å². The Labute approximate surface area is 117 Å². The molecule has 0 amide bonds. The fraction of sp³-hybridized carbons (Fsp3) is 0.600. The van der Waals surface area contributed by atoms with Crippen molar-refractivity contribution in [3.05, 3.63) is 35.1 Å². The summed E-state index contributed by atoms with van der Waals surface area (Å²) in [6.45, 7) is 2.72. The summed E-state index contributed by atoms with van der Waals surface area (Å²) >= 11 is 0. The fourth-order valence-electron chi connectivity index (χ4n) is 2.50. The quantitative estimate of drug-likeness (QED) is 0.770. The lowest BCUT2D eigenvalue weighted by molar-refractivity contribution is 0.0607. The Bertz CT molecular complexity index is 447. The molecule has 1 saturated heterocycles. The first-order chi connectivity index (χ1) is 9.58. The largest absolute Gasteiger partial charge is 0.381 e. The number of ether oxygens (including phenoxy) is 1. The average Bonchev–Trinajstić information content (AvgIpc) is 2.47. The molecule has 1 fully saturated rings. The predicted octanol–water partition coefficient (Wildman–Crippen LogP) is 3.35. The van der Waals surface area contributed by atoms with Crippen LogP contribution in [0.1, 0.15) is 24.8 Å². The van der Waals surface area contributed by atoms with Crippen molar-refractivity contribution in [2.24, 2.45) is 5.92 Å². The minimum Gasteiger partial charge on any atom is -0.381 e. The first kappa shape index (κ1) is 15.3. The van der Waals surface area contributed by atoms with Crippen LogP contribution in [-0.2, 0) is 11.3 Å². The molecule has 0 bridgehead atoms. The second-order valence-corrected chi connectivity index (χ2v) is 5.42. The van der Waals surface area contributed by atoms with Gasteiger partial charge in [0, 0.05) is 25.3 Å². The van der Waals surface area contributed by atoms with Gasteiger partial charge in [0.2, 0.25) is 0 Å². The van der Waals surface area contributed by atoms with Crippen LogP contribution in [0.3, 0.4) is 0 Å². The Balaban J connectivity index is 1.84. The zero-order valence-corrected chi connectivity index (χ0v) is 11.7. The molecule has 1 heterocycles.